The second-order valence-corrected chi connectivity index (χ2v) is 7.05. The molecule has 5 nitrogen and oxygen atoms in total. The van der Waals surface area contributed by atoms with E-state index in [2.05, 4.69) is 13.0 Å². The van der Waals surface area contributed by atoms with Crippen molar-refractivity contribution in [1.82, 2.24) is 0 Å². The fourth-order valence-corrected chi connectivity index (χ4v) is 4.00. The van der Waals surface area contributed by atoms with Crippen molar-refractivity contribution in [3.05, 3.63) is 69.6 Å². The number of anilines is 1. The number of amides is 1. The lowest BCUT2D eigenvalue weighted by Gasteiger charge is -2.30. The van der Waals surface area contributed by atoms with E-state index in [0.29, 0.717) is 23.4 Å². The number of carbonyl (C=O) groups excluding carboxylic acids is 1. The van der Waals surface area contributed by atoms with Crippen molar-refractivity contribution in [1.29, 1.82) is 0 Å². The minimum absolute atomic E-state index is 0.202. The fraction of sp³-hybridized carbons (Fsp3) is 0.304. The van der Waals surface area contributed by atoms with Crippen molar-refractivity contribution in [2.75, 3.05) is 18.6 Å². The zero-order valence-electron chi connectivity index (χ0n) is 16.2. The van der Waals surface area contributed by atoms with E-state index in [4.69, 9.17) is 9.15 Å². The van der Waals surface area contributed by atoms with Gasteiger partial charge in [0, 0.05) is 23.7 Å². The molecular weight excluding hydrogens is 354 g/mol. The number of aryl methyl sites for hydroxylation is 2. The maximum Gasteiger partial charge on any atom is 0.336 e. The topological polar surface area (TPSA) is 59.8 Å². The monoisotopic (exact) mass is 377 g/mol. The summed E-state index contributed by atoms with van der Waals surface area (Å²) >= 11 is 0. The summed E-state index contributed by atoms with van der Waals surface area (Å²) in [7, 11) is 1.52. The smallest absolute Gasteiger partial charge is 0.336 e. The quantitative estimate of drug-likeness (QED) is 0.635. The molecule has 0 bridgehead atoms. The molecule has 28 heavy (non-hydrogen) atoms. The van der Waals surface area contributed by atoms with Gasteiger partial charge in [-0.1, -0.05) is 31.5 Å². The molecule has 0 atom stereocenters. The van der Waals surface area contributed by atoms with Crippen LogP contribution in [-0.4, -0.2) is 19.6 Å². The van der Waals surface area contributed by atoms with Crippen molar-refractivity contribution < 1.29 is 13.9 Å². The number of fused-ring (bicyclic) bond motifs is 2. The Labute approximate surface area is 163 Å². The number of benzene rings is 2. The molecule has 4 rings (SSSR count). The molecule has 0 saturated heterocycles. The highest BCUT2D eigenvalue weighted by atomic mass is 16.5. The molecule has 0 radical (unpaired) electrons. The summed E-state index contributed by atoms with van der Waals surface area (Å²) < 4.78 is 11.0. The second kappa shape index (κ2) is 7.50. The van der Waals surface area contributed by atoms with Gasteiger partial charge in [-0.25, -0.2) is 4.79 Å². The average Bonchev–Trinajstić information content (AvgIpc) is 2.72. The van der Waals surface area contributed by atoms with Gasteiger partial charge in [-0.2, -0.15) is 0 Å². The standard InChI is InChI=1S/C23H23NO4/c1-3-7-16-14-20(25)28-22-17(16)11-12-19(27-2)21(22)23(26)24-13-6-9-15-8-4-5-10-18(15)24/h4-5,8,10-12,14H,3,6-7,9,13H2,1-2H3. The minimum atomic E-state index is -0.447. The average molecular weight is 377 g/mol. The van der Waals surface area contributed by atoms with Crippen LogP contribution in [0, 0.1) is 0 Å². The van der Waals surface area contributed by atoms with Gasteiger partial charge in [0.15, 0.2) is 5.58 Å². The van der Waals surface area contributed by atoms with Crippen LogP contribution in [0.25, 0.3) is 11.0 Å². The number of hydrogen-bond donors (Lipinski definition) is 0. The molecule has 1 aliphatic rings. The van der Waals surface area contributed by atoms with E-state index in [9.17, 15) is 9.59 Å². The van der Waals surface area contributed by atoms with Crippen molar-refractivity contribution in [3.8, 4) is 5.75 Å². The van der Waals surface area contributed by atoms with Crippen LogP contribution < -0.4 is 15.3 Å². The molecule has 0 N–H and O–H groups in total. The lowest BCUT2D eigenvalue weighted by Crippen LogP contribution is -2.35. The van der Waals surface area contributed by atoms with Crippen molar-refractivity contribution in [2.24, 2.45) is 0 Å². The lowest BCUT2D eigenvalue weighted by molar-refractivity contribution is 0.0982. The van der Waals surface area contributed by atoms with Crippen LogP contribution >= 0.6 is 0 Å². The number of nitrogens with zero attached hydrogens (tertiary/aromatic N) is 1. The molecule has 1 amide bonds. The van der Waals surface area contributed by atoms with Crippen LogP contribution in [0.2, 0.25) is 0 Å². The highest BCUT2D eigenvalue weighted by Crippen LogP contribution is 2.34. The van der Waals surface area contributed by atoms with Gasteiger partial charge in [-0.05, 0) is 48.6 Å². The van der Waals surface area contributed by atoms with E-state index in [1.165, 1.54) is 13.2 Å². The lowest BCUT2D eigenvalue weighted by atomic mass is 9.98. The number of rotatable bonds is 4. The first-order valence-electron chi connectivity index (χ1n) is 9.67. The van der Waals surface area contributed by atoms with Crippen LogP contribution in [0.15, 0.2) is 51.7 Å². The van der Waals surface area contributed by atoms with E-state index in [1.807, 2.05) is 24.3 Å². The minimum Gasteiger partial charge on any atom is -0.496 e. The van der Waals surface area contributed by atoms with Gasteiger partial charge < -0.3 is 14.1 Å². The molecule has 5 heteroatoms. The highest BCUT2D eigenvalue weighted by molar-refractivity contribution is 6.15. The summed E-state index contributed by atoms with van der Waals surface area (Å²) in [4.78, 5) is 27.6. The number of ether oxygens (including phenoxy) is 1. The summed E-state index contributed by atoms with van der Waals surface area (Å²) in [6.45, 7) is 2.68. The first-order valence-corrected chi connectivity index (χ1v) is 9.67. The number of para-hydroxylation sites is 1. The maximum atomic E-state index is 13.6. The van der Waals surface area contributed by atoms with Crippen molar-refractivity contribution in [2.45, 2.75) is 32.6 Å². The Morgan fingerprint density at radius 3 is 2.82 bits per heavy atom. The third-order valence-corrected chi connectivity index (χ3v) is 5.27. The molecule has 0 fully saturated rings. The molecule has 3 aromatic rings. The van der Waals surface area contributed by atoms with E-state index >= 15 is 0 Å². The zero-order chi connectivity index (χ0) is 19.7. The van der Waals surface area contributed by atoms with Gasteiger partial charge in [-0.3, -0.25) is 4.79 Å². The molecule has 0 unspecified atom stereocenters. The molecule has 2 aromatic carbocycles. The summed E-state index contributed by atoms with van der Waals surface area (Å²) in [5.41, 5.74) is 3.12. The molecule has 144 valence electrons. The van der Waals surface area contributed by atoms with E-state index in [1.54, 1.807) is 11.0 Å². The van der Waals surface area contributed by atoms with Crippen molar-refractivity contribution in [3.63, 3.8) is 0 Å². The first-order chi connectivity index (χ1) is 13.6. The number of hydrogen-bond acceptors (Lipinski definition) is 4. The molecule has 2 heterocycles. The normalized spacial score (nSPS) is 13.4. The Kier molecular flexibility index (Phi) is 4.90. The Hall–Kier alpha value is -3.08. The van der Waals surface area contributed by atoms with Crippen LogP contribution in [0.5, 0.6) is 5.75 Å². The third kappa shape index (κ3) is 3.07. The molecular formula is C23H23NO4. The molecule has 1 aliphatic heterocycles. The van der Waals surface area contributed by atoms with Crippen LogP contribution in [0.3, 0.4) is 0 Å². The molecule has 1 aromatic heterocycles. The predicted octanol–water partition coefficient (Wildman–Crippen LogP) is 4.35. The van der Waals surface area contributed by atoms with E-state index in [-0.39, 0.29) is 5.91 Å². The largest absolute Gasteiger partial charge is 0.496 e. The highest BCUT2D eigenvalue weighted by Gasteiger charge is 2.28. The summed E-state index contributed by atoms with van der Waals surface area (Å²) in [5.74, 6) is 0.212. The Morgan fingerprint density at radius 1 is 1.21 bits per heavy atom. The van der Waals surface area contributed by atoms with Crippen LogP contribution in [0.1, 0.15) is 41.3 Å². The molecule has 0 saturated carbocycles. The van der Waals surface area contributed by atoms with Gasteiger partial charge in [0.05, 0.1) is 7.11 Å². The predicted molar refractivity (Wildman–Crippen MR) is 109 cm³/mol. The van der Waals surface area contributed by atoms with Gasteiger partial charge >= 0.3 is 5.63 Å². The number of methoxy groups -OCH3 is 1. The Balaban J connectivity index is 1.93. The van der Waals surface area contributed by atoms with Gasteiger partial charge in [0.2, 0.25) is 0 Å². The van der Waals surface area contributed by atoms with Crippen LogP contribution in [0.4, 0.5) is 5.69 Å². The van der Waals surface area contributed by atoms with Gasteiger partial charge in [0.1, 0.15) is 11.3 Å². The summed E-state index contributed by atoms with van der Waals surface area (Å²) in [5, 5.41) is 0.788. The molecule has 0 aliphatic carbocycles. The first kappa shape index (κ1) is 18.3. The third-order valence-electron chi connectivity index (χ3n) is 5.27. The second-order valence-electron chi connectivity index (χ2n) is 7.05. The van der Waals surface area contributed by atoms with Gasteiger partial charge in [-0.15, -0.1) is 0 Å². The summed E-state index contributed by atoms with van der Waals surface area (Å²) in [6.07, 6.45) is 3.48. The maximum absolute atomic E-state index is 13.6. The summed E-state index contributed by atoms with van der Waals surface area (Å²) in [6, 6.07) is 13.1. The van der Waals surface area contributed by atoms with Crippen LogP contribution in [-0.2, 0) is 12.8 Å². The fourth-order valence-electron chi connectivity index (χ4n) is 4.00. The Bertz CT molecular complexity index is 1100. The van der Waals surface area contributed by atoms with E-state index in [0.717, 1.165) is 47.9 Å². The zero-order valence-corrected chi connectivity index (χ0v) is 16.2. The number of carbonyl (C=O) groups is 1. The Morgan fingerprint density at radius 2 is 2.04 bits per heavy atom. The van der Waals surface area contributed by atoms with E-state index < -0.39 is 5.63 Å². The van der Waals surface area contributed by atoms with Crippen molar-refractivity contribution >= 4 is 22.6 Å². The molecule has 0 spiro atoms. The SMILES string of the molecule is CCCc1cc(=O)oc2c(C(=O)N3CCCc4ccccc43)c(OC)ccc12. The van der Waals surface area contributed by atoms with Gasteiger partial charge in [0.25, 0.3) is 5.91 Å².